The first-order valence-electron chi connectivity index (χ1n) is 6.40. The Balaban J connectivity index is 2.34. The van der Waals surface area contributed by atoms with Crippen LogP contribution in [0.3, 0.4) is 0 Å². The van der Waals surface area contributed by atoms with Crippen molar-refractivity contribution in [2.24, 2.45) is 5.84 Å². The van der Waals surface area contributed by atoms with Gasteiger partial charge in [0.05, 0.1) is 11.6 Å². The second kappa shape index (κ2) is 5.34. The Morgan fingerprint density at radius 1 is 1.39 bits per heavy atom. The second-order valence-electron chi connectivity index (χ2n) is 5.08. The molecule has 1 fully saturated rings. The van der Waals surface area contributed by atoms with Gasteiger partial charge in [0.15, 0.2) is 0 Å². The minimum atomic E-state index is -0.309. The lowest BCUT2D eigenvalue weighted by atomic mass is 9.87. The lowest BCUT2D eigenvalue weighted by molar-refractivity contribution is -0.0369. The molecule has 1 unspecified atom stereocenters. The maximum atomic E-state index is 13.7. The summed E-state index contributed by atoms with van der Waals surface area (Å²) in [4.78, 5) is 0. The summed E-state index contributed by atoms with van der Waals surface area (Å²) in [6.07, 6.45) is 4.16. The molecule has 0 aromatic heterocycles. The smallest absolute Gasteiger partial charge is 0.126 e. The summed E-state index contributed by atoms with van der Waals surface area (Å²) in [6.45, 7) is 1.76. The van der Waals surface area contributed by atoms with Crippen LogP contribution in [0.25, 0.3) is 0 Å². The minimum Gasteiger partial charge on any atom is -0.376 e. The Labute approximate surface area is 107 Å². The van der Waals surface area contributed by atoms with Crippen LogP contribution in [0.4, 0.5) is 4.39 Å². The van der Waals surface area contributed by atoms with Crippen molar-refractivity contribution in [2.75, 3.05) is 7.11 Å². The van der Waals surface area contributed by atoms with Gasteiger partial charge in [0.1, 0.15) is 5.82 Å². The van der Waals surface area contributed by atoms with E-state index >= 15 is 0 Å². The predicted octanol–water partition coefficient (Wildman–Crippen LogP) is 2.60. The van der Waals surface area contributed by atoms with E-state index in [1.54, 1.807) is 26.2 Å². The highest BCUT2D eigenvalue weighted by Crippen LogP contribution is 2.42. The molecule has 1 aromatic rings. The number of nitrogens with one attached hydrogen (secondary N) is 1. The summed E-state index contributed by atoms with van der Waals surface area (Å²) in [5, 5.41) is 0. The van der Waals surface area contributed by atoms with E-state index in [1.165, 1.54) is 0 Å². The number of rotatable bonds is 4. The number of benzene rings is 1. The van der Waals surface area contributed by atoms with Crippen LogP contribution in [0, 0.1) is 12.7 Å². The van der Waals surface area contributed by atoms with Crippen molar-refractivity contribution in [2.45, 2.75) is 44.2 Å². The molecule has 0 heterocycles. The average molecular weight is 252 g/mol. The van der Waals surface area contributed by atoms with Crippen molar-refractivity contribution in [3.05, 3.63) is 35.1 Å². The molecule has 1 aromatic carbocycles. The molecule has 0 radical (unpaired) electrons. The van der Waals surface area contributed by atoms with Gasteiger partial charge in [-0.15, -0.1) is 0 Å². The third-order valence-corrected chi connectivity index (χ3v) is 4.08. The molecule has 1 aliphatic rings. The molecule has 4 heteroatoms. The summed E-state index contributed by atoms with van der Waals surface area (Å²) in [5.74, 6) is 5.48. The van der Waals surface area contributed by atoms with E-state index < -0.39 is 0 Å². The molecule has 1 aliphatic carbocycles. The third-order valence-electron chi connectivity index (χ3n) is 4.08. The van der Waals surface area contributed by atoms with E-state index in [2.05, 4.69) is 5.43 Å². The molecule has 0 amide bonds. The number of methoxy groups -OCH3 is 1. The van der Waals surface area contributed by atoms with E-state index in [4.69, 9.17) is 10.6 Å². The van der Waals surface area contributed by atoms with Gasteiger partial charge >= 0.3 is 0 Å². The van der Waals surface area contributed by atoms with E-state index in [0.717, 1.165) is 31.2 Å². The quantitative estimate of drug-likeness (QED) is 0.639. The number of aryl methyl sites for hydroxylation is 1. The Kier molecular flexibility index (Phi) is 4.00. The zero-order valence-corrected chi connectivity index (χ0v) is 11.0. The fourth-order valence-corrected chi connectivity index (χ4v) is 2.92. The van der Waals surface area contributed by atoms with Crippen molar-refractivity contribution in [3.8, 4) is 0 Å². The second-order valence-corrected chi connectivity index (χ2v) is 5.08. The van der Waals surface area contributed by atoms with Crippen LogP contribution in [-0.4, -0.2) is 12.7 Å². The van der Waals surface area contributed by atoms with Gasteiger partial charge < -0.3 is 4.74 Å². The minimum absolute atomic E-state index is 0.167. The number of hydrogen-bond acceptors (Lipinski definition) is 3. The van der Waals surface area contributed by atoms with E-state index in [9.17, 15) is 4.39 Å². The summed E-state index contributed by atoms with van der Waals surface area (Å²) in [6, 6.07) is 5.09. The summed E-state index contributed by atoms with van der Waals surface area (Å²) in [5.41, 5.74) is 3.99. The van der Waals surface area contributed by atoms with Gasteiger partial charge in [0, 0.05) is 7.11 Å². The fourth-order valence-electron chi connectivity index (χ4n) is 2.92. The number of halogens is 1. The van der Waals surface area contributed by atoms with Gasteiger partial charge in [-0.3, -0.25) is 11.3 Å². The van der Waals surface area contributed by atoms with Crippen LogP contribution in [0.5, 0.6) is 0 Å². The van der Waals surface area contributed by atoms with Crippen LogP contribution >= 0.6 is 0 Å². The number of nitrogens with two attached hydrogens (primary N) is 1. The van der Waals surface area contributed by atoms with Crippen LogP contribution in [0.2, 0.25) is 0 Å². The van der Waals surface area contributed by atoms with Gasteiger partial charge in [-0.1, -0.05) is 25.0 Å². The first-order valence-corrected chi connectivity index (χ1v) is 6.40. The average Bonchev–Trinajstić information content (AvgIpc) is 2.84. The monoisotopic (exact) mass is 252 g/mol. The lowest BCUT2D eigenvalue weighted by Crippen LogP contribution is -2.46. The maximum Gasteiger partial charge on any atom is 0.126 e. The zero-order chi connectivity index (χ0) is 13.2. The molecule has 0 aliphatic heterocycles. The molecule has 1 atom stereocenters. The number of ether oxygens (including phenoxy) is 1. The van der Waals surface area contributed by atoms with Crippen LogP contribution < -0.4 is 11.3 Å². The van der Waals surface area contributed by atoms with Crippen LogP contribution in [0.15, 0.2) is 18.2 Å². The highest BCUT2D eigenvalue weighted by atomic mass is 19.1. The molecular weight excluding hydrogens is 231 g/mol. The Hall–Kier alpha value is -0.970. The normalized spacial score (nSPS) is 20.0. The zero-order valence-electron chi connectivity index (χ0n) is 11.0. The van der Waals surface area contributed by atoms with Crippen LogP contribution in [-0.2, 0) is 4.74 Å². The van der Waals surface area contributed by atoms with Gasteiger partial charge in [-0.05, 0) is 37.0 Å². The first-order chi connectivity index (χ1) is 8.63. The van der Waals surface area contributed by atoms with Crippen molar-refractivity contribution in [1.82, 2.24) is 5.43 Å². The Morgan fingerprint density at radius 2 is 2.06 bits per heavy atom. The molecule has 100 valence electrons. The molecule has 1 saturated carbocycles. The molecule has 3 N–H and O–H groups in total. The molecule has 2 rings (SSSR count). The SMILES string of the molecule is COC1(C(NN)c2ccc(C)c(F)c2)CCCC1. The van der Waals surface area contributed by atoms with Crippen molar-refractivity contribution in [3.63, 3.8) is 0 Å². The van der Waals surface area contributed by atoms with E-state index in [0.29, 0.717) is 5.56 Å². The van der Waals surface area contributed by atoms with Crippen molar-refractivity contribution < 1.29 is 9.13 Å². The summed E-state index contributed by atoms with van der Waals surface area (Å²) >= 11 is 0. The van der Waals surface area contributed by atoms with Crippen molar-refractivity contribution >= 4 is 0 Å². The molecule has 18 heavy (non-hydrogen) atoms. The van der Waals surface area contributed by atoms with Crippen LogP contribution in [0.1, 0.15) is 42.9 Å². The highest BCUT2D eigenvalue weighted by molar-refractivity contribution is 5.28. The lowest BCUT2D eigenvalue weighted by Gasteiger charge is -2.36. The molecular formula is C14H21FN2O. The largest absolute Gasteiger partial charge is 0.376 e. The number of hydrazine groups is 1. The molecule has 0 spiro atoms. The highest BCUT2D eigenvalue weighted by Gasteiger charge is 2.42. The summed E-state index contributed by atoms with van der Waals surface area (Å²) in [7, 11) is 1.71. The predicted molar refractivity (Wildman–Crippen MR) is 69.4 cm³/mol. The van der Waals surface area contributed by atoms with Crippen molar-refractivity contribution in [1.29, 1.82) is 0 Å². The molecule has 0 saturated heterocycles. The molecule has 0 bridgehead atoms. The van der Waals surface area contributed by atoms with E-state index in [-0.39, 0.29) is 17.5 Å². The molecule has 3 nitrogen and oxygen atoms in total. The topological polar surface area (TPSA) is 47.3 Å². The standard InChI is InChI=1S/C14H21FN2O/c1-10-5-6-11(9-12(10)15)13(17-16)14(18-2)7-3-4-8-14/h5-6,9,13,17H,3-4,7-8,16H2,1-2H3. The number of hydrogen-bond donors (Lipinski definition) is 2. The first kappa shape index (κ1) is 13.5. The van der Waals surface area contributed by atoms with Gasteiger partial charge in [0.2, 0.25) is 0 Å². The fraction of sp³-hybridized carbons (Fsp3) is 0.571. The van der Waals surface area contributed by atoms with Gasteiger partial charge in [-0.25, -0.2) is 4.39 Å². The Bertz CT molecular complexity index is 416. The van der Waals surface area contributed by atoms with Gasteiger partial charge in [-0.2, -0.15) is 0 Å². The third kappa shape index (κ3) is 2.28. The maximum absolute atomic E-state index is 13.7. The summed E-state index contributed by atoms with van der Waals surface area (Å²) < 4.78 is 19.4. The van der Waals surface area contributed by atoms with E-state index in [1.807, 2.05) is 6.07 Å². The Morgan fingerprint density at radius 3 is 2.56 bits per heavy atom. The van der Waals surface area contributed by atoms with Gasteiger partial charge in [0.25, 0.3) is 0 Å².